The van der Waals surface area contributed by atoms with Crippen molar-refractivity contribution in [2.24, 2.45) is 0 Å². The fraction of sp³-hybridized carbons (Fsp3) is 0.167. The van der Waals surface area contributed by atoms with Crippen molar-refractivity contribution in [2.45, 2.75) is 104 Å². The molecule has 0 N–H and O–H groups in total. The maximum Gasteiger partial charge on any atom is 0.351 e. The van der Waals surface area contributed by atoms with Crippen LogP contribution in [-0.2, 0) is 66.6 Å². The first kappa shape index (κ1) is 70.3. The number of fused-ring (bicyclic) bond motifs is 4. The van der Waals surface area contributed by atoms with Crippen LogP contribution in [0.2, 0.25) is 0 Å². The molecule has 0 amide bonds. The summed E-state index contributed by atoms with van der Waals surface area (Å²) < 4.78 is 100. The van der Waals surface area contributed by atoms with Gasteiger partial charge in [0.15, 0.2) is 39.4 Å². The minimum absolute atomic E-state index is 0.00358. The first-order valence-corrected chi connectivity index (χ1v) is 37.6. The molecule has 0 aromatic heterocycles. The number of hydrogen-bond donors (Lipinski definition) is 0. The Hall–Kier alpha value is -5.98. The first-order chi connectivity index (χ1) is 44.0. The predicted molar refractivity (Wildman–Crippen MR) is 356 cm³/mol. The van der Waals surface area contributed by atoms with Crippen LogP contribution in [0.1, 0.15) is 55.4 Å². The second-order valence-corrected chi connectivity index (χ2v) is 33.0. The van der Waals surface area contributed by atoms with E-state index in [4.69, 9.17) is 46.9 Å². The summed E-state index contributed by atoms with van der Waals surface area (Å²) in [6, 6.07) is 33.2. The lowest BCUT2D eigenvalue weighted by Crippen LogP contribution is -2.17. The molecule has 0 spiro atoms. The average molecular weight is 1470 g/mol. The maximum atomic E-state index is 13.9. The Kier molecular flexibility index (Phi) is 24.1. The maximum absolute atomic E-state index is 13.9. The highest BCUT2D eigenvalue weighted by molar-refractivity contribution is 8.27. The van der Waals surface area contributed by atoms with Crippen LogP contribution in [0.15, 0.2) is 207 Å². The lowest BCUT2D eigenvalue weighted by Gasteiger charge is -2.15. The Morgan fingerprint density at radius 1 is 0.380 bits per heavy atom. The molecule has 10 rings (SSSR count). The number of esters is 6. The second kappa shape index (κ2) is 31.5. The third kappa shape index (κ3) is 16.4. The molecule has 0 radical (unpaired) electrons. The Morgan fingerprint density at radius 2 is 0.696 bits per heavy atom. The van der Waals surface area contributed by atoms with E-state index in [0.717, 1.165) is 68.2 Å². The standard InChI is InChI=1S/C32H26O12S6.C28H22O8S6/c1-5-39-29(35)27(49-44-43-19-13-9-7-10-14-19)31-45-23-21(41-17(3)33)25-26(22(24(23)46-31)42-18(4)34)48-32(47-25)28(30(36)40-6-2)50(37,38)20-15-11-8-12-16-20;1-15(41-36-35-19-11-7-5-8-12-19)27-37-23-21(33-17(3)29)25-26(22(24(23)38-27)34-18(4)30)40-28(39-25)16(2)42(31,32)20-13-9-6-10-14-20/h7-16H,5-6H2,1-4H3;5-14H,1-4H3. The van der Waals surface area contributed by atoms with Gasteiger partial charge < -0.3 is 38.2 Å². The summed E-state index contributed by atoms with van der Waals surface area (Å²) in [6.07, 6.45) is 0. The summed E-state index contributed by atoms with van der Waals surface area (Å²) in [5, 5.41) is 0. The minimum atomic E-state index is -4.42. The molecule has 92 heavy (non-hydrogen) atoms. The van der Waals surface area contributed by atoms with E-state index < -0.39 is 60.4 Å². The van der Waals surface area contributed by atoms with Crippen molar-refractivity contribution in [3.63, 3.8) is 0 Å². The Balaban J connectivity index is 0.000000221. The molecule has 0 saturated carbocycles. The lowest BCUT2D eigenvalue weighted by atomic mass is 10.3. The van der Waals surface area contributed by atoms with Crippen molar-refractivity contribution >= 4 is 174 Å². The van der Waals surface area contributed by atoms with Crippen LogP contribution in [0.4, 0.5) is 0 Å². The molecule has 0 aliphatic carbocycles. The van der Waals surface area contributed by atoms with Crippen molar-refractivity contribution in [3.05, 3.63) is 158 Å². The molecule has 4 aliphatic rings. The quantitative estimate of drug-likeness (QED) is 0.0172. The fourth-order valence-corrected chi connectivity index (χ4v) is 23.6. The van der Waals surface area contributed by atoms with E-state index in [1.54, 1.807) is 80.6 Å². The molecule has 0 bridgehead atoms. The van der Waals surface area contributed by atoms with Gasteiger partial charge in [0.2, 0.25) is 19.7 Å². The van der Waals surface area contributed by atoms with Crippen molar-refractivity contribution < 1.29 is 92.5 Å². The van der Waals surface area contributed by atoms with Crippen LogP contribution in [0.25, 0.3) is 0 Å². The molecule has 0 atom stereocenters. The highest BCUT2D eigenvalue weighted by Crippen LogP contribution is 2.71. The summed E-state index contributed by atoms with van der Waals surface area (Å²) in [7, 11) is -8.22. The van der Waals surface area contributed by atoms with Gasteiger partial charge in [0, 0.05) is 32.6 Å². The number of rotatable bonds is 20. The highest BCUT2D eigenvalue weighted by atomic mass is 32.2. The van der Waals surface area contributed by atoms with Gasteiger partial charge in [0.25, 0.3) is 0 Å². The van der Waals surface area contributed by atoms with Crippen LogP contribution >= 0.6 is 118 Å². The number of ether oxygens (including phenoxy) is 6. The Bertz CT molecular complexity index is 4180. The Morgan fingerprint density at radius 3 is 1.07 bits per heavy atom. The summed E-state index contributed by atoms with van der Waals surface area (Å²) in [4.78, 5) is 90.0. The normalized spacial score (nSPS) is 13.5. The summed E-state index contributed by atoms with van der Waals surface area (Å²) in [6.45, 7) is 11.5. The Labute approximate surface area is 571 Å². The van der Waals surface area contributed by atoms with Gasteiger partial charge in [0.1, 0.15) is 4.91 Å². The van der Waals surface area contributed by atoms with Crippen LogP contribution in [-0.4, -0.2) is 65.9 Å². The zero-order valence-electron chi connectivity index (χ0n) is 49.0. The zero-order chi connectivity index (χ0) is 66.0. The molecule has 0 fully saturated rings. The van der Waals surface area contributed by atoms with Crippen molar-refractivity contribution in [1.82, 2.24) is 0 Å². The van der Waals surface area contributed by atoms with E-state index in [1.807, 2.05) is 25.1 Å². The number of benzene rings is 6. The predicted octanol–water partition coefficient (Wildman–Crippen LogP) is 16.0. The number of sulfone groups is 2. The minimum Gasteiger partial charge on any atom is -0.462 e. The number of para-hydroxylation sites is 2. The molecule has 0 saturated heterocycles. The van der Waals surface area contributed by atoms with Crippen LogP contribution in [0.5, 0.6) is 34.5 Å². The molecule has 0 unspecified atom stereocenters. The van der Waals surface area contributed by atoms with E-state index >= 15 is 0 Å². The summed E-state index contributed by atoms with van der Waals surface area (Å²) >= 11 is 10.4. The molecule has 480 valence electrons. The van der Waals surface area contributed by atoms with Gasteiger partial charge in [-0.2, -0.15) is 0 Å². The average Bonchev–Trinajstić information content (AvgIpc) is 1.58. The van der Waals surface area contributed by atoms with Crippen molar-refractivity contribution in [3.8, 4) is 34.5 Å². The molecule has 32 heteroatoms. The molecule has 6 aromatic carbocycles. The van der Waals surface area contributed by atoms with Gasteiger partial charge in [-0.15, -0.1) is 8.67 Å². The third-order valence-corrected chi connectivity index (χ3v) is 28.5. The van der Waals surface area contributed by atoms with E-state index in [-0.39, 0.29) is 69.8 Å². The zero-order valence-corrected chi connectivity index (χ0v) is 58.8. The van der Waals surface area contributed by atoms with E-state index in [1.165, 1.54) is 118 Å². The summed E-state index contributed by atoms with van der Waals surface area (Å²) in [5.74, 6) is -2.79. The number of thioether (sulfide) groups is 8. The number of allylic oxidation sites excluding steroid dienone is 2. The van der Waals surface area contributed by atoms with Gasteiger partial charge >= 0.3 is 35.8 Å². The van der Waals surface area contributed by atoms with Gasteiger partial charge in [-0.1, -0.05) is 167 Å². The van der Waals surface area contributed by atoms with E-state index in [9.17, 15) is 45.6 Å². The van der Waals surface area contributed by atoms with Gasteiger partial charge in [-0.25, -0.2) is 26.4 Å². The molecular formula is C60H48O20S12. The van der Waals surface area contributed by atoms with Gasteiger partial charge in [0.05, 0.1) is 108 Å². The third-order valence-electron chi connectivity index (χ3n) is 11.7. The lowest BCUT2D eigenvalue weighted by molar-refractivity contribution is -0.138. The van der Waals surface area contributed by atoms with Gasteiger partial charge in [-0.05, 0) is 76.2 Å². The molecule has 6 aromatic rings. The fourth-order valence-electron chi connectivity index (χ4n) is 7.86. The molecule has 20 nitrogen and oxygen atoms in total. The van der Waals surface area contributed by atoms with Crippen LogP contribution in [0.3, 0.4) is 0 Å². The smallest absolute Gasteiger partial charge is 0.351 e. The van der Waals surface area contributed by atoms with Crippen molar-refractivity contribution in [2.75, 3.05) is 13.2 Å². The molecule has 4 heterocycles. The van der Waals surface area contributed by atoms with Crippen molar-refractivity contribution in [1.29, 1.82) is 0 Å². The SMILES string of the molecule is CC(=O)Oc1c2c(c(OC(C)=O)c3c1SC(=C(C)S(=O)(=O)c1ccccc1)S3)SC(=C(C)SOOc1ccccc1)S2.CCOC(=O)C(SOOc1ccccc1)=C1Sc2c(OC(C)=O)c3c(c(OC(C)=O)c2S1)SC(=C(C(=O)OCC)S(=O)(=O)c1ccccc1)S3. The number of carbonyl (C=O) groups is 6. The highest BCUT2D eigenvalue weighted by Gasteiger charge is 2.44. The van der Waals surface area contributed by atoms with Crippen LogP contribution in [0, 0.1) is 0 Å². The van der Waals surface area contributed by atoms with E-state index in [2.05, 4.69) is 0 Å². The molecule has 4 aliphatic heterocycles. The number of hydrogen-bond acceptors (Lipinski definition) is 30. The monoisotopic (exact) mass is 1470 g/mol. The van der Waals surface area contributed by atoms with Crippen LogP contribution < -0.4 is 28.7 Å². The summed E-state index contributed by atoms with van der Waals surface area (Å²) in [5.41, 5.74) is 0. The topological polar surface area (TPSA) is 263 Å². The van der Waals surface area contributed by atoms with Gasteiger partial charge in [-0.3, -0.25) is 19.2 Å². The number of carbonyl (C=O) groups excluding carboxylic acids is 6. The first-order valence-electron chi connectivity index (χ1n) is 26.6. The largest absolute Gasteiger partial charge is 0.462 e. The van der Waals surface area contributed by atoms with E-state index in [0.29, 0.717) is 61.4 Å². The second-order valence-electron chi connectivity index (χ2n) is 18.2. The molecular weight excluding hydrogens is 1430 g/mol.